The van der Waals surface area contributed by atoms with Crippen LogP contribution in [0.15, 0.2) is 47.4 Å². The lowest BCUT2D eigenvalue weighted by atomic mass is 10.1. The minimum atomic E-state index is -3.41. The van der Waals surface area contributed by atoms with Gasteiger partial charge in [-0.2, -0.15) is 4.31 Å². The zero-order valence-electron chi connectivity index (χ0n) is 11.1. The highest BCUT2D eigenvalue weighted by atomic mass is 32.2. The Morgan fingerprint density at radius 1 is 1.11 bits per heavy atom. The van der Waals surface area contributed by atoms with E-state index in [9.17, 15) is 8.42 Å². The number of hydrogen-bond acceptors (Lipinski definition) is 3. The minimum Gasteiger partial charge on any atom is -0.318 e. The van der Waals surface area contributed by atoms with Gasteiger partial charge in [0.05, 0.1) is 4.90 Å². The maximum absolute atomic E-state index is 12.4. The molecule has 0 fully saturated rings. The van der Waals surface area contributed by atoms with Crippen LogP contribution in [0.5, 0.6) is 0 Å². The maximum Gasteiger partial charge on any atom is 0.242 e. The Labute approximate surface area is 114 Å². The fraction of sp³-hybridized carbons (Fsp3) is 0.286. The second-order valence-corrected chi connectivity index (χ2v) is 6.48. The monoisotopic (exact) mass is 278 g/mol. The summed E-state index contributed by atoms with van der Waals surface area (Å²) in [5.74, 6) is 0. The molecule has 0 unspecified atom stereocenters. The first kappa shape index (κ1) is 14.0. The molecule has 0 aromatic heterocycles. The summed E-state index contributed by atoms with van der Waals surface area (Å²) in [5, 5.41) is 4.92. The van der Waals surface area contributed by atoms with Crippen molar-refractivity contribution in [3.05, 3.63) is 42.5 Å². The van der Waals surface area contributed by atoms with Crippen molar-refractivity contribution >= 4 is 20.8 Å². The molecule has 1 N–H and O–H groups in total. The summed E-state index contributed by atoms with van der Waals surface area (Å²) < 4.78 is 26.1. The third-order valence-electron chi connectivity index (χ3n) is 3.11. The van der Waals surface area contributed by atoms with Gasteiger partial charge in [0, 0.05) is 20.1 Å². The van der Waals surface area contributed by atoms with Crippen LogP contribution in [0.3, 0.4) is 0 Å². The van der Waals surface area contributed by atoms with E-state index in [2.05, 4.69) is 5.32 Å². The molecule has 0 aliphatic heterocycles. The van der Waals surface area contributed by atoms with Crippen LogP contribution in [0.1, 0.15) is 0 Å². The molecule has 5 heteroatoms. The van der Waals surface area contributed by atoms with Crippen LogP contribution in [0.25, 0.3) is 10.8 Å². The van der Waals surface area contributed by atoms with Crippen LogP contribution in [0.4, 0.5) is 0 Å². The van der Waals surface area contributed by atoms with Gasteiger partial charge < -0.3 is 5.32 Å². The van der Waals surface area contributed by atoms with Gasteiger partial charge in [0.25, 0.3) is 0 Å². The molecule has 0 bridgehead atoms. The minimum absolute atomic E-state index is 0.338. The lowest BCUT2D eigenvalue weighted by molar-refractivity contribution is 0.466. The number of rotatable bonds is 5. The van der Waals surface area contributed by atoms with Gasteiger partial charge in [-0.05, 0) is 30.0 Å². The number of fused-ring (bicyclic) bond motifs is 1. The molecule has 0 amide bonds. The molecule has 2 rings (SSSR count). The zero-order valence-corrected chi connectivity index (χ0v) is 11.9. The Bertz CT molecular complexity index is 668. The van der Waals surface area contributed by atoms with Gasteiger partial charge in [0.15, 0.2) is 0 Å². The van der Waals surface area contributed by atoms with Crippen LogP contribution in [-0.4, -0.2) is 39.9 Å². The van der Waals surface area contributed by atoms with Crippen LogP contribution >= 0.6 is 0 Å². The zero-order chi connectivity index (χ0) is 13.9. The van der Waals surface area contributed by atoms with Gasteiger partial charge in [-0.1, -0.05) is 30.3 Å². The molecule has 2 aromatic rings. The lowest BCUT2D eigenvalue weighted by Crippen LogP contribution is -2.32. The molecule has 0 saturated heterocycles. The molecule has 0 aliphatic rings. The number of likely N-dealkylation sites (N-methyl/N-ethyl adjacent to an activating group) is 2. The van der Waals surface area contributed by atoms with Gasteiger partial charge in [0.2, 0.25) is 10.0 Å². The van der Waals surface area contributed by atoms with E-state index in [1.807, 2.05) is 30.3 Å². The SMILES string of the molecule is CNCCN(C)S(=O)(=O)c1ccc2ccccc2c1. The van der Waals surface area contributed by atoms with Crippen molar-refractivity contribution in [2.75, 3.05) is 27.2 Å². The van der Waals surface area contributed by atoms with Crippen LogP contribution in [0.2, 0.25) is 0 Å². The summed E-state index contributed by atoms with van der Waals surface area (Å²) >= 11 is 0. The highest BCUT2D eigenvalue weighted by molar-refractivity contribution is 7.89. The van der Waals surface area contributed by atoms with Crippen molar-refractivity contribution in [3.8, 4) is 0 Å². The predicted molar refractivity (Wildman–Crippen MR) is 77.7 cm³/mol. The summed E-state index contributed by atoms with van der Waals surface area (Å²) in [4.78, 5) is 0.338. The Balaban J connectivity index is 2.37. The topological polar surface area (TPSA) is 49.4 Å². The van der Waals surface area contributed by atoms with Gasteiger partial charge in [-0.3, -0.25) is 0 Å². The molecule has 0 atom stereocenters. The maximum atomic E-state index is 12.4. The van der Waals surface area contributed by atoms with Gasteiger partial charge >= 0.3 is 0 Å². The van der Waals surface area contributed by atoms with Crippen molar-refractivity contribution in [1.82, 2.24) is 9.62 Å². The van der Waals surface area contributed by atoms with Crippen molar-refractivity contribution in [1.29, 1.82) is 0 Å². The first-order valence-electron chi connectivity index (χ1n) is 6.15. The standard InChI is InChI=1S/C14H18N2O2S/c1-15-9-10-16(2)19(17,18)14-8-7-12-5-3-4-6-13(12)11-14/h3-8,11,15H,9-10H2,1-2H3. The van der Waals surface area contributed by atoms with Crippen molar-refractivity contribution in [2.45, 2.75) is 4.90 Å². The van der Waals surface area contributed by atoms with E-state index in [1.165, 1.54) is 4.31 Å². The quantitative estimate of drug-likeness (QED) is 0.905. The van der Waals surface area contributed by atoms with Gasteiger partial charge in [0.1, 0.15) is 0 Å². The molecule has 0 saturated carbocycles. The van der Waals surface area contributed by atoms with E-state index in [4.69, 9.17) is 0 Å². The molecule has 0 heterocycles. The average Bonchev–Trinajstić information content (AvgIpc) is 2.44. The van der Waals surface area contributed by atoms with Crippen molar-refractivity contribution < 1.29 is 8.42 Å². The fourth-order valence-electron chi connectivity index (χ4n) is 1.90. The summed E-state index contributed by atoms with van der Waals surface area (Å²) in [6.45, 7) is 1.08. The molecule has 4 nitrogen and oxygen atoms in total. The number of nitrogens with zero attached hydrogens (tertiary/aromatic N) is 1. The van der Waals surface area contributed by atoms with E-state index in [1.54, 1.807) is 26.2 Å². The molecule has 2 aromatic carbocycles. The molecular weight excluding hydrogens is 260 g/mol. The second-order valence-electron chi connectivity index (χ2n) is 4.44. The summed E-state index contributed by atoms with van der Waals surface area (Å²) in [6, 6.07) is 13.0. The van der Waals surface area contributed by atoms with Crippen molar-refractivity contribution in [3.63, 3.8) is 0 Å². The Morgan fingerprint density at radius 3 is 2.47 bits per heavy atom. The van der Waals surface area contributed by atoms with Crippen LogP contribution in [0, 0.1) is 0 Å². The molecular formula is C14H18N2O2S. The molecule has 0 radical (unpaired) electrons. The predicted octanol–water partition coefficient (Wildman–Crippen LogP) is 1.68. The van der Waals surface area contributed by atoms with E-state index in [0.717, 1.165) is 10.8 Å². The summed E-state index contributed by atoms with van der Waals surface area (Å²) in [7, 11) is -0.00822. The van der Waals surface area contributed by atoms with Crippen LogP contribution in [-0.2, 0) is 10.0 Å². The second kappa shape index (κ2) is 5.69. The molecule has 0 aliphatic carbocycles. The normalized spacial score (nSPS) is 12.2. The van der Waals surface area contributed by atoms with Crippen LogP contribution < -0.4 is 5.32 Å². The number of nitrogens with one attached hydrogen (secondary N) is 1. The first-order chi connectivity index (χ1) is 9.05. The van der Waals surface area contributed by atoms with Gasteiger partial charge in [-0.15, -0.1) is 0 Å². The summed E-state index contributed by atoms with van der Waals surface area (Å²) in [5.41, 5.74) is 0. The third-order valence-corrected chi connectivity index (χ3v) is 4.96. The van der Waals surface area contributed by atoms with E-state index in [-0.39, 0.29) is 0 Å². The smallest absolute Gasteiger partial charge is 0.242 e. The largest absolute Gasteiger partial charge is 0.318 e. The first-order valence-corrected chi connectivity index (χ1v) is 7.59. The number of benzene rings is 2. The Hall–Kier alpha value is -1.43. The van der Waals surface area contributed by atoms with E-state index < -0.39 is 10.0 Å². The fourth-order valence-corrected chi connectivity index (χ4v) is 3.10. The van der Waals surface area contributed by atoms with Gasteiger partial charge in [-0.25, -0.2) is 8.42 Å². The van der Waals surface area contributed by atoms with Crippen molar-refractivity contribution in [2.24, 2.45) is 0 Å². The summed E-state index contributed by atoms with van der Waals surface area (Å²) in [6.07, 6.45) is 0. The average molecular weight is 278 g/mol. The van der Waals surface area contributed by atoms with E-state index >= 15 is 0 Å². The van der Waals surface area contributed by atoms with E-state index in [0.29, 0.717) is 18.0 Å². The number of hydrogen-bond donors (Lipinski definition) is 1. The third kappa shape index (κ3) is 2.94. The number of sulfonamides is 1. The molecule has 19 heavy (non-hydrogen) atoms. The lowest BCUT2D eigenvalue weighted by Gasteiger charge is -2.17. The molecule has 102 valence electrons. The Morgan fingerprint density at radius 2 is 1.79 bits per heavy atom. The highest BCUT2D eigenvalue weighted by Crippen LogP contribution is 2.20. The highest BCUT2D eigenvalue weighted by Gasteiger charge is 2.20. The Kier molecular flexibility index (Phi) is 4.19. The molecule has 0 spiro atoms.